The number of thiazole rings is 1. The molecule has 2 aromatic carbocycles. The van der Waals surface area contributed by atoms with Crippen LogP contribution in [0.3, 0.4) is 0 Å². The SMILES string of the molecule is COc1ccccc1-c1nnc(SCc2cc(=O)n3c(C)csc3n2)n1-c1ccc(Cl)cc1. The maximum atomic E-state index is 12.5. The number of aromatic nitrogens is 5. The molecule has 0 saturated carbocycles. The Bertz CT molecular complexity index is 1510. The van der Waals surface area contributed by atoms with Crippen LogP contribution in [-0.4, -0.2) is 31.3 Å². The summed E-state index contributed by atoms with van der Waals surface area (Å²) in [6.45, 7) is 1.90. The highest BCUT2D eigenvalue weighted by Crippen LogP contribution is 2.34. The van der Waals surface area contributed by atoms with E-state index in [0.29, 0.717) is 38.2 Å². The van der Waals surface area contributed by atoms with E-state index >= 15 is 0 Å². The maximum Gasteiger partial charge on any atom is 0.258 e. The van der Waals surface area contributed by atoms with E-state index in [1.54, 1.807) is 17.6 Å². The monoisotopic (exact) mass is 495 g/mol. The molecule has 5 aromatic rings. The predicted molar refractivity (Wildman–Crippen MR) is 132 cm³/mol. The van der Waals surface area contributed by atoms with E-state index in [2.05, 4.69) is 15.2 Å². The van der Waals surface area contributed by atoms with Crippen LogP contribution in [0.15, 0.2) is 69.9 Å². The van der Waals surface area contributed by atoms with Crippen molar-refractivity contribution in [2.45, 2.75) is 17.8 Å². The lowest BCUT2D eigenvalue weighted by molar-refractivity contribution is 0.416. The van der Waals surface area contributed by atoms with E-state index < -0.39 is 0 Å². The van der Waals surface area contributed by atoms with Crippen LogP contribution >= 0.6 is 34.7 Å². The molecule has 0 saturated heterocycles. The largest absolute Gasteiger partial charge is 0.496 e. The Morgan fingerprint density at radius 2 is 1.91 bits per heavy atom. The van der Waals surface area contributed by atoms with Crippen molar-refractivity contribution >= 4 is 39.7 Å². The van der Waals surface area contributed by atoms with Crippen molar-refractivity contribution in [2.24, 2.45) is 0 Å². The smallest absolute Gasteiger partial charge is 0.258 e. The van der Waals surface area contributed by atoms with Crippen LogP contribution in [0.25, 0.3) is 22.0 Å². The maximum absolute atomic E-state index is 12.5. The van der Waals surface area contributed by atoms with Crippen molar-refractivity contribution in [2.75, 3.05) is 7.11 Å². The number of aryl methyl sites for hydroxylation is 1. The molecule has 166 valence electrons. The Hall–Kier alpha value is -3.14. The summed E-state index contributed by atoms with van der Waals surface area (Å²) in [7, 11) is 1.63. The second-order valence-electron chi connectivity index (χ2n) is 7.19. The molecule has 5 rings (SSSR count). The number of nitrogens with zero attached hydrogens (tertiary/aromatic N) is 5. The molecule has 33 heavy (non-hydrogen) atoms. The number of methoxy groups -OCH3 is 1. The highest BCUT2D eigenvalue weighted by molar-refractivity contribution is 7.98. The number of ether oxygens (including phenoxy) is 1. The van der Waals surface area contributed by atoms with E-state index in [-0.39, 0.29) is 5.56 Å². The van der Waals surface area contributed by atoms with Crippen LogP contribution in [0, 0.1) is 6.92 Å². The lowest BCUT2D eigenvalue weighted by Crippen LogP contribution is -2.14. The fourth-order valence-electron chi connectivity index (χ4n) is 3.50. The highest BCUT2D eigenvalue weighted by atomic mass is 35.5. The summed E-state index contributed by atoms with van der Waals surface area (Å²) in [5.74, 6) is 1.82. The van der Waals surface area contributed by atoms with Gasteiger partial charge in [0.25, 0.3) is 5.56 Å². The molecule has 0 aliphatic rings. The number of benzene rings is 2. The fourth-order valence-corrected chi connectivity index (χ4v) is 5.36. The Kier molecular flexibility index (Phi) is 5.92. The molecule has 3 aromatic heterocycles. The molecule has 0 unspecified atom stereocenters. The summed E-state index contributed by atoms with van der Waals surface area (Å²) in [5, 5.41) is 12.2. The molecule has 0 N–H and O–H groups in total. The van der Waals surface area contributed by atoms with Gasteiger partial charge >= 0.3 is 0 Å². The lowest BCUT2D eigenvalue weighted by Gasteiger charge is -2.12. The third-order valence-corrected chi connectivity index (χ3v) is 7.20. The van der Waals surface area contributed by atoms with Gasteiger partial charge in [-0.05, 0) is 43.3 Å². The lowest BCUT2D eigenvalue weighted by atomic mass is 10.2. The molecular formula is C23H18ClN5O2S2. The average Bonchev–Trinajstić information content (AvgIpc) is 3.42. The standard InChI is InChI=1S/C23H18ClN5O2S2/c1-14-12-32-22-25-16(11-20(30)28(14)22)13-33-23-27-26-21(18-5-3-4-6-19(18)31-2)29(23)17-9-7-15(24)8-10-17/h3-12H,13H2,1-2H3. The van der Waals surface area contributed by atoms with E-state index in [0.717, 1.165) is 16.9 Å². The van der Waals surface area contributed by atoms with Gasteiger partial charge < -0.3 is 4.74 Å². The van der Waals surface area contributed by atoms with Gasteiger partial charge in [-0.15, -0.1) is 21.5 Å². The van der Waals surface area contributed by atoms with Crippen molar-refractivity contribution in [3.05, 3.63) is 86.7 Å². The van der Waals surface area contributed by atoms with E-state index in [9.17, 15) is 4.79 Å². The number of thioether (sulfide) groups is 1. The van der Waals surface area contributed by atoms with Gasteiger partial charge in [0.05, 0.1) is 18.4 Å². The van der Waals surface area contributed by atoms with Crippen LogP contribution in [0.1, 0.15) is 11.4 Å². The van der Waals surface area contributed by atoms with Gasteiger partial charge in [0.2, 0.25) is 0 Å². The number of hydrogen-bond acceptors (Lipinski definition) is 7. The molecule has 0 bridgehead atoms. The molecule has 0 aliphatic carbocycles. The molecule has 7 nitrogen and oxygen atoms in total. The van der Waals surface area contributed by atoms with Crippen molar-refractivity contribution in [3.63, 3.8) is 0 Å². The zero-order valence-corrected chi connectivity index (χ0v) is 20.1. The third kappa shape index (κ3) is 4.15. The van der Waals surface area contributed by atoms with Gasteiger partial charge in [-0.1, -0.05) is 35.5 Å². The molecule has 0 atom stereocenters. The van der Waals surface area contributed by atoms with Gasteiger partial charge in [0.1, 0.15) is 5.75 Å². The minimum Gasteiger partial charge on any atom is -0.496 e. The molecule has 0 spiro atoms. The molecule has 0 amide bonds. The van der Waals surface area contributed by atoms with Gasteiger partial charge in [-0.2, -0.15) is 0 Å². The summed E-state index contributed by atoms with van der Waals surface area (Å²) < 4.78 is 9.13. The summed E-state index contributed by atoms with van der Waals surface area (Å²) in [5.41, 5.74) is 3.18. The summed E-state index contributed by atoms with van der Waals surface area (Å²) in [6, 6.07) is 16.7. The first-order valence-electron chi connectivity index (χ1n) is 9.99. The second-order valence-corrected chi connectivity index (χ2v) is 9.40. The number of rotatable bonds is 6. The number of hydrogen-bond donors (Lipinski definition) is 0. The van der Waals surface area contributed by atoms with Crippen LogP contribution in [0.4, 0.5) is 0 Å². The topological polar surface area (TPSA) is 74.3 Å². The molecule has 0 aliphatic heterocycles. The number of para-hydroxylation sites is 1. The van der Waals surface area contributed by atoms with Crippen molar-refractivity contribution < 1.29 is 4.74 Å². The first-order valence-corrected chi connectivity index (χ1v) is 12.2. The Morgan fingerprint density at radius 3 is 2.70 bits per heavy atom. The summed E-state index contributed by atoms with van der Waals surface area (Å²) >= 11 is 9.03. The first kappa shape index (κ1) is 21.7. The zero-order valence-electron chi connectivity index (χ0n) is 17.7. The predicted octanol–water partition coefficient (Wildman–Crippen LogP) is 5.27. The van der Waals surface area contributed by atoms with Crippen LogP contribution < -0.4 is 10.3 Å². The van der Waals surface area contributed by atoms with Crippen LogP contribution in [0.5, 0.6) is 5.75 Å². The van der Waals surface area contributed by atoms with Crippen LogP contribution in [0.2, 0.25) is 5.02 Å². The molecule has 0 radical (unpaired) electrons. The van der Waals surface area contributed by atoms with E-state index in [4.69, 9.17) is 16.3 Å². The highest BCUT2D eigenvalue weighted by Gasteiger charge is 2.19. The van der Waals surface area contributed by atoms with Gasteiger partial charge in [0.15, 0.2) is 15.9 Å². The van der Waals surface area contributed by atoms with Gasteiger partial charge in [-0.25, -0.2) is 4.98 Å². The third-order valence-electron chi connectivity index (χ3n) is 5.04. The van der Waals surface area contributed by atoms with E-state index in [1.807, 2.05) is 65.4 Å². The molecule has 10 heteroatoms. The van der Waals surface area contributed by atoms with Crippen molar-refractivity contribution in [1.82, 2.24) is 24.1 Å². The number of fused-ring (bicyclic) bond motifs is 1. The fraction of sp³-hybridized carbons (Fsp3) is 0.130. The Morgan fingerprint density at radius 1 is 1.12 bits per heavy atom. The van der Waals surface area contributed by atoms with Gasteiger partial charge in [0, 0.05) is 33.6 Å². The quantitative estimate of drug-likeness (QED) is 0.299. The summed E-state index contributed by atoms with van der Waals surface area (Å²) in [6.07, 6.45) is 0. The first-order chi connectivity index (χ1) is 16.0. The molecule has 3 heterocycles. The normalized spacial score (nSPS) is 11.2. The van der Waals surface area contributed by atoms with Crippen molar-refractivity contribution in [3.8, 4) is 22.8 Å². The minimum atomic E-state index is -0.0803. The molecular weight excluding hydrogens is 478 g/mol. The minimum absolute atomic E-state index is 0.0803. The summed E-state index contributed by atoms with van der Waals surface area (Å²) in [4.78, 5) is 17.9. The van der Waals surface area contributed by atoms with E-state index in [1.165, 1.54) is 23.1 Å². The van der Waals surface area contributed by atoms with Crippen LogP contribution in [-0.2, 0) is 5.75 Å². The van der Waals surface area contributed by atoms with Gasteiger partial charge in [-0.3, -0.25) is 13.8 Å². The van der Waals surface area contributed by atoms with Crippen molar-refractivity contribution in [1.29, 1.82) is 0 Å². The Labute approximate surface area is 202 Å². The zero-order chi connectivity index (χ0) is 22.9. The molecule has 0 fully saturated rings. The number of halogens is 1. The Balaban J connectivity index is 1.56. The second kappa shape index (κ2) is 9.01. The average molecular weight is 496 g/mol.